The normalized spacial score (nSPS) is 11.9. The standard InChI is InChI=1S/C12H15NO3/c1-8-5-4-6-9(2)10(8)11(12(15)16)13(3)7-14/h4-7,11H,1-3H3,(H,15,16). The molecule has 0 heterocycles. The molecule has 0 spiro atoms. The molecule has 0 bridgehead atoms. The minimum Gasteiger partial charge on any atom is -0.479 e. The van der Waals surface area contributed by atoms with Gasteiger partial charge >= 0.3 is 5.97 Å². The summed E-state index contributed by atoms with van der Waals surface area (Å²) in [4.78, 5) is 23.1. The first-order chi connectivity index (χ1) is 7.49. The predicted octanol–water partition coefficient (Wildman–Crippen LogP) is 1.52. The Morgan fingerprint density at radius 2 is 1.88 bits per heavy atom. The quantitative estimate of drug-likeness (QED) is 0.784. The molecule has 0 saturated carbocycles. The summed E-state index contributed by atoms with van der Waals surface area (Å²) >= 11 is 0. The summed E-state index contributed by atoms with van der Waals surface area (Å²) in [6, 6.07) is 4.64. The van der Waals surface area contributed by atoms with Crippen LogP contribution in [0, 0.1) is 13.8 Å². The molecule has 1 aromatic rings. The Morgan fingerprint density at radius 3 is 2.25 bits per heavy atom. The number of hydrogen-bond donors (Lipinski definition) is 1. The van der Waals surface area contributed by atoms with Gasteiger partial charge in [-0.3, -0.25) is 4.79 Å². The van der Waals surface area contributed by atoms with E-state index in [9.17, 15) is 14.7 Å². The summed E-state index contributed by atoms with van der Waals surface area (Å²) in [5.74, 6) is -1.02. The molecule has 0 radical (unpaired) electrons. The van der Waals surface area contributed by atoms with Crippen LogP contribution in [-0.2, 0) is 9.59 Å². The Bertz CT molecular complexity index is 394. The zero-order valence-corrected chi connectivity index (χ0v) is 9.60. The lowest BCUT2D eigenvalue weighted by atomic mass is 9.95. The zero-order valence-electron chi connectivity index (χ0n) is 9.60. The molecule has 1 aromatic carbocycles. The van der Waals surface area contributed by atoms with Crippen molar-refractivity contribution in [2.24, 2.45) is 0 Å². The highest BCUT2D eigenvalue weighted by atomic mass is 16.4. The Hall–Kier alpha value is -1.84. The van der Waals surface area contributed by atoms with Crippen molar-refractivity contribution in [3.05, 3.63) is 34.9 Å². The number of carboxylic acids is 1. The molecule has 4 nitrogen and oxygen atoms in total. The highest BCUT2D eigenvalue weighted by molar-refractivity contribution is 5.79. The van der Waals surface area contributed by atoms with Crippen LogP contribution in [0.4, 0.5) is 0 Å². The molecule has 0 aromatic heterocycles. The second-order valence-electron chi connectivity index (χ2n) is 3.82. The van der Waals surface area contributed by atoms with Gasteiger partial charge in [0.2, 0.25) is 6.41 Å². The maximum absolute atomic E-state index is 11.2. The molecular formula is C12H15NO3. The van der Waals surface area contributed by atoms with Crippen LogP contribution in [0.15, 0.2) is 18.2 Å². The Balaban J connectivity index is 3.31. The van der Waals surface area contributed by atoms with Crippen LogP contribution >= 0.6 is 0 Å². The number of carbonyl (C=O) groups is 2. The van der Waals surface area contributed by atoms with Crippen LogP contribution in [-0.4, -0.2) is 29.4 Å². The summed E-state index contributed by atoms with van der Waals surface area (Å²) in [5.41, 5.74) is 2.44. The number of carboxylic acid groups (broad SMARTS) is 1. The lowest BCUT2D eigenvalue weighted by molar-refractivity contribution is -0.145. The van der Waals surface area contributed by atoms with Crippen molar-refractivity contribution >= 4 is 12.4 Å². The molecule has 1 atom stereocenters. The molecule has 86 valence electrons. The van der Waals surface area contributed by atoms with E-state index >= 15 is 0 Å². The van der Waals surface area contributed by atoms with Crippen LogP contribution in [0.3, 0.4) is 0 Å². The largest absolute Gasteiger partial charge is 0.479 e. The fourth-order valence-electron chi connectivity index (χ4n) is 1.82. The van der Waals surface area contributed by atoms with E-state index in [-0.39, 0.29) is 0 Å². The van der Waals surface area contributed by atoms with Crippen molar-refractivity contribution in [2.75, 3.05) is 7.05 Å². The van der Waals surface area contributed by atoms with E-state index in [1.165, 1.54) is 7.05 Å². The molecule has 1 N–H and O–H groups in total. The number of likely N-dealkylation sites (N-methyl/N-ethyl adjacent to an activating group) is 1. The summed E-state index contributed by atoms with van der Waals surface area (Å²) in [6.45, 7) is 3.69. The maximum atomic E-state index is 11.2. The lowest BCUT2D eigenvalue weighted by Gasteiger charge is -2.24. The average Bonchev–Trinajstić information content (AvgIpc) is 2.22. The third-order valence-electron chi connectivity index (χ3n) is 2.62. The van der Waals surface area contributed by atoms with E-state index in [1.54, 1.807) is 0 Å². The van der Waals surface area contributed by atoms with Crippen molar-refractivity contribution in [1.29, 1.82) is 0 Å². The van der Waals surface area contributed by atoms with E-state index in [0.29, 0.717) is 12.0 Å². The fourth-order valence-corrected chi connectivity index (χ4v) is 1.82. The van der Waals surface area contributed by atoms with Crippen LogP contribution in [0.2, 0.25) is 0 Å². The Kier molecular flexibility index (Phi) is 3.66. The van der Waals surface area contributed by atoms with Crippen molar-refractivity contribution < 1.29 is 14.7 Å². The van der Waals surface area contributed by atoms with Gasteiger partial charge in [-0.1, -0.05) is 18.2 Å². The zero-order chi connectivity index (χ0) is 12.3. The van der Waals surface area contributed by atoms with Gasteiger partial charge in [-0.05, 0) is 30.5 Å². The van der Waals surface area contributed by atoms with Gasteiger partial charge in [-0.2, -0.15) is 0 Å². The number of benzene rings is 1. The molecule has 4 heteroatoms. The van der Waals surface area contributed by atoms with Crippen molar-refractivity contribution in [2.45, 2.75) is 19.9 Å². The van der Waals surface area contributed by atoms with Crippen molar-refractivity contribution in [3.8, 4) is 0 Å². The molecule has 0 saturated heterocycles. The number of amides is 1. The highest BCUT2D eigenvalue weighted by Gasteiger charge is 2.26. The third kappa shape index (κ3) is 2.21. The number of nitrogens with zero attached hydrogens (tertiary/aromatic N) is 1. The number of hydrogen-bond acceptors (Lipinski definition) is 2. The molecule has 1 amide bonds. The number of rotatable bonds is 4. The number of carbonyl (C=O) groups excluding carboxylic acids is 1. The molecule has 0 fully saturated rings. The molecule has 0 aliphatic carbocycles. The van der Waals surface area contributed by atoms with E-state index in [4.69, 9.17) is 0 Å². The predicted molar refractivity (Wildman–Crippen MR) is 60.1 cm³/mol. The number of aliphatic carboxylic acids is 1. The van der Waals surface area contributed by atoms with Crippen LogP contribution in [0.5, 0.6) is 0 Å². The van der Waals surface area contributed by atoms with Gasteiger partial charge in [-0.25, -0.2) is 4.79 Å². The van der Waals surface area contributed by atoms with Crippen molar-refractivity contribution in [3.63, 3.8) is 0 Å². The van der Waals surface area contributed by atoms with Crippen LogP contribution in [0.1, 0.15) is 22.7 Å². The first-order valence-electron chi connectivity index (χ1n) is 4.95. The smallest absolute Gasteiger partial charge is 0.331 e. The SMILES string of the molecule is Cc1cccc(C)c1C(C(=O)O)N(C)C=O. The first kappa shape index (κ1) is 12.2. The Morgan fingerprint density at radius 1 is 1.38 bits per heavy atom. The molecule has 0 aliphatic heterocycles. The minimum atomic E-state index is -1.02. The topological polar surface area (TPSA) is 57.6 Å². The molecule has 16 heavy (non-hydrogen) atoms. The third-order valence-corrected chi connectivity index (χ3v) is 2.62. The summed E-state index contributed by atoms with van der Waals surface area (Å²) in [5, 5.41) is 9.18. The van der Waals surface area contributed by atoms with Crippen molar-refractivity contribution in [1.82, 2.24) is 4.90 Å². The van der Waals surface area contributed by atoms with Gasteiger partial charge in [0.05, 0.1) is 0 Å². The van der Waals surface area contributed by atoms with E-state index in [2.05, 4.69) is 0 Å². The van der Waals surface area contributed by atoms with E-state index < -0.39 is 12.0 Å². The monoisotopic (exact) mass is 221 g/mol. The second kappa shape index (κ2) is 4.79. The number of aryl methyl sites for hydroxylation is 2. The van der Waals surface area contributed by atoms with Gasteiger partial charge < -0.3 is 10.0 Å². The van der Waals surface area contributed by atoms with Gasteiger partial charge in [0.25, 0.3) is 0 Å². The van der Waals surface area contributed by atoms with Gasteiger partial charge in [-0.15, -0.1) is 0 Å². The molecule has 1 rings (SSSR count). The fraction of sp³-hybridized carbons (Fsp3) is 0.333. The maximum Gasteiger partial charge on any atom is 0.331 e. The van der Waals surface area contributed by atoms with Gasteiger partial charge in [0, 0.05) is 7.05 Å². The lowest BCUT2D eigenvalue weighted by Crippen LogP contribution is -2.30. The van der Waals surface area contributed by atoms with Crippen LogP contribution in [0.25, 0.3) is 0 Å². The van der Waals surface area contributed by atoms with Crippen LogP contribution < -0.4 is 0 Å². The molecule has 1 unspecified atom stereocenters. The highest BCUT2D eigenvalue weighted by Crippen LogP contribution is 2.25. The molecular weight excluding hydrogens is 206 g/mol. The van der Waals surface area contributed by atoms with Gasteiger partial charge in [0.1, 0.15) is 0 Å². The van der Waals surface area contributed by atoms with Gasteiger partial charge in [0.15, 0.2) is 6.04 Å². The molecule has 0 aliphatic rings. The summed E-state index contributed by atoms with van der Waals surface area (Å²) in [6.07, 6.45) is 0.532. The second-order valence-corrected chi connectivity index (χ2v) is 3.82. The average molecular weight is 221 g/mol. The summed E-state index contributed by atoms with van der Waals surface area (Å²) < 4.78 is 0. The Labute approximate surface area is 94.5 Å². The van der Waals surface area contributed by atoms with E-state index in [0.717, 1.165) is 16.0 Å². The first-order valence-corrected chi connectivity index (χ1v) is 4.95. The minimum absolute atomic E-state index is 0.532. The summed E-state index contributed by atoms with van der Waals surface area (Å²) in [7, 11) is 1.47. The van der Waals surface area contributed by atoms with E-state index in [1.807, 2.05) is 32.0 Å².